The fourth-order valence-electron chi connectivity index (χ4n) is 3.52. The minimum Gasteiger partial charge on any atom is -0.492 e. The van der Waals surface area contributed by atoms with E-state index in [1.165, 1.54) is 5.56 Å². The Morgan fingerprint density at radius 2 is 1.84 bits per heavy atom. The number of amides is 1. The molecule has 0 radical (unpaired) electrons. The Bertz CT molecular complexity index is 1140. The van der Waals surface area contributed by atoms with Crippen molar-refractivity contribution >= 4 is 16.9 Å². The van der Waals surface area contributed by atoms with E-state index in [0.717, 1.165) is 29.0 Å². The minimum atomic E-state index is -0.179. The van der Waals surface area contributed by atoms with Crippen LogP contribution in [0.5, 0.6) is 5.75 Å². The van der Waals surface area contributed by atoms with Crippen molar-refractivity contribution in [2.45, 2.75) is 26.3 Å². The lowest BCUT2D eigenvalue weighted by molar-refractivity contribution is 0.0949. The van der Waals surface area contributed by atoms with Crippen LogP contribution in [0.3, 0.4) is 0 Å². The number of imidazole rings is 1. The molecule has 4 aromatic rings. The van der Waals surface area contributed by atoms with Gasteiger partial charge in [0, 0.05) is 19.2 Å². The van der Waals surface area contributed by atoms with Crippen LogP contribution in [0.15, 0.2) is 72.9 Å². The second kappa shape index (κ2) is 9.89. The Kier molecular flexibility index (Phi) is 6.57. The van der Waals surface area contributed by atoms with Crippen molar-refractivity contribution in [3.8, 4) is 5.75 Å². The zero-order valence-corrected chi connectivity index (χ0v) is 17.6. The van der Waals surface area contributed by atoms with Gasteiger partial charge in [-0.05, 0) is 48.4 Å². The minimum absolute atomic E-state index is 0.179. The molecule has 0 unspecified atom stereocenters. The monoisotopic (exact) mass is 414 g/mol. The highest BCUT2D eigenvalue weighted by Crippen LogP contribution is 2.17. The van der Waals surface area contributed by atoms with Crippen LogP contribution in [-0.4, -0.2) is 33.6 Å². The van der Waals surface area contributed by atoms with E-state index < -0.39 is 0 Å². The summed E-state index contributed by atoms with van der Waals surface area (Å²) in [7, 11) is 0. The summed E-state index contributed by atoms with van der Waals surface area (Å²) in [5, 5.41) is 2.93. The van der Waals surface area contributed by atoms with Crippen molar-refractivity contribution < 1.29 is 9.53 Å². The van der Waals surface area contributed by atoms with Crippen molar-refractivity contribution in [2.75, 3.05) is 13.2 Å². The maximum absolute atomic E-state index is 12.2. The number of rotatable bonds is 9. The van der Waals surface area contributed by atoms with Gasteiger partial charge in [0.2, 0.25) is 0 Å². The standard InChI is InChI=1S/C25H26N4O2/c1-2-19-10-12-20(13-11-19)31-18-17-29-23-9-4-3-7-21(23)28-24(29)14-16-27-25(30)22-8-5-6-15-26-22/h3-13,15H,2,14,16-18H2,1H3,(H,27,30). The smallest absolute Gasteiger partial charge is 0.269 e. The third-order valence-electron chi connectivity index (χ3n) is 5.18. The summed E-state index contributed by atoms with van der Waals surface area (Å²) in [4.78, 5) is 21.1. The van der Waals surface area contributed by atoms with Crippen LogP contribution in [0.4, 0.5) is 0 Å². The summed E-state index contributed by atoms with van der Waals surface area (Å²) in [6.45, 7) is 3.84. The fourth-order valence-corrected chi connectivity index (χ4v) is 3.52. The third-order valence-corrected chi connectivity index (χ3v) is 5.18. The molecule has 6 heteroatoms. The number of para-hydroxylation sites is 2. The van der Waals surface area contributed by atoms with E-state index >= 15 is 0 Å². The average Bonchev–Trinajstić information content (AvgIpc) is 3.17. The van der Waals surface area contributed by atoms with E-state index in [1.807, 2.05) is 30.3 Å². The van der Waals surface area contributed by atoms with Crippen molar-refractivity contribution in [2.24, 2.45) is 0 Å². The number of benzene rings is 2. The molecule has 0 aliphatic rings. The SMILES string of the molecule is CCc1ccc(OCCn2c(CCNC(=O)c3ccccn3)nc3ccccc32)cc1. The first kappa shape index (κ1) is 20.6. The highest BCUT2D eigenvalue weighted by atomic mass is 16.5. The molecular formula is C25H26N4O2. The van der Waals surface area contributed by atoms with E-state index in [1.54, 1.807) is 24.4 Å². The first-order valence-corrected chi connectivity index (χ1v) is 10.6. The first-order chi connectivity index (χ1) is 15.2. The van der Waals surface area contributed by atoms with Crippen LogP contribution >= 0.6 is 0 Å². The highest BCUT2D eigenvalue weighted by Gasteiger charge is 2.12. The van der Waals surface area contributed by atoms with Gasteiger partial charge in [-0.1, -0.05) is 37.3 Å². The van der Waals surface area contributed by atoms with E-state index in [4.69, 9.17) is 9.72 Å². The predicted molar refractivity (Wildman–Crippen MR) is 121 cm³/mol. The lowest BCUT2D eigenvalue weighted by atomic mass is 10.2. The number of aromatic nitrogens is 3. The number of nitrogens with zero attached hydrogens (tertiary/aromatic N) is 3. The summed E-state index contributed by atoms with van der Waals surface area (Å²) in [6, 6.07) is 21.6. The molecule has 0 spiro atoms. The molecule has 31 heavy (non-hydrogen) atoms. The molecule has 1 N–H and O–H groups in total. The van der Waals surface area contributed by atoms with Crippen LogP contribution in [0, 0.1) is 0 Å². The molecule has 6 nitrogen and oxygen atoms in total. The predicted octanol–water partition coefficient (Wildman–Crippen LogP) is 4.05. The summed E-state index contributed by atoms with van der Waals surface area (Å²) >= 11 is 0. The molecule has 0 bridgehead atoms. The Hall–Kier alpha value is -3.67. The highest BCUT2D eigenvalue weighted by molar-refractivity contribution is 5.92. The molecule has 2 aromatic carbocycles. The van der Waals surface area contributed by atoms with Crippen LogP contribution in [-0.2, 0) is 19.4 Å². The number of pyridine rings is 1. The molecular weight excluding hydrogens is 388 g/mol. The maximum atomic E-state index is 12.2. The molecule has 0 aliphatic carbocycles. The average molecular weight is 415 g/mol. The number of carbonyl (C=O) groups excluding carboxylic acids is 1. The van der Waals surface area contributed by atoms with E-state index in [0.29, 0.717) is 31.8 Å². The van der Waals surface area contributed by atoms with E-state index in [9.17, 15) is 4.79 Å². The quantitative estimate of drug-likeness (QED) is 0.449. The van der Waals surface area contributed by atoms with Gasteiger partial charge in [-0.25, -0.2) is 4.98 Å². The third kappa shape index (κ3) is 5.09. The molecule has 0 saturated heterocycles. The van der Waals surface area contributed by atoms with E-state index in [-0.39, 0.29) is 5.91 Å². The van der Waals surface area contributed by atoms with Gasteiger partial charge >= 0.3 is 0 Å². The summed E-state index contributed by atoms with van der Waals surface area (Å²) in [5.41, 5.74) is 3.72. The van der Waals surface area contributed by atoms with Gasteiger partial charge in [0.05, 0.1) is 17.6 Å². The number of hydrogen-bond donors (Lipinski definition) is 1. The Morgan fingerprint density at radius 1 is 1.03 bits per heavy atom. The van der Waals surface area contributed by atoms with E-state index in [2.05, 4.69) is 40.0 Å². The van der Waals surface area contributed by atoms with Gasteiger partial charge in [-0.3, -0.25) is 9.78 Å². The zero-order chi connectivity index (χ0) is 21.5. The number of aryl methyl sites for hydroxylation is 1. The molecule has 0 saturated carbocycles. The molecule has 0 aliphatic heterocycles. The van der Waals surface area contributed by atoms with Gasteiger partial charge in [0.15, 0.2) is 0 Å². The number of carbonyl (C=O) groups is 1. The van der Waals surface area contributed by atoms with Crippen molar-refractivity contribution in [1.82, 2.24) is 19.9 Å². The fraction of sp³-hybridized carbons (Fsp3) is 0.240. The second-order valence-electron chi connectivity index (χ2n) is 7.24. The summed E-state index contributed by atoms with van der Waals surface area (Å²) < 4.78 is 8.13. The Morgan fingerprint density at radius 3 is 2.61 bits per heavy atom. The van der Waals surface area contributed by atoms with Gasteiger partial charge in [-0.15, -0.1) is 0 Å². The number of nitrogens with one attached hydrogen (secondary N) is 1. The number of fused-ring (bicyclic) bond motifs is 1. The molecule has 1 amide bonds. The van der Waals surface area contributed by atoms with Gasteiger partial charge in [0.1, 0.15) is 23.9 Å². The zero-order valence-electron chi connectivity index (χ0n) is 17.6. The maximum Gasteiger partial charge on any atom is 0.269 e. The molecule has 158 valence electrons. The molecule has 0 atom stereocenters. The van der Waals surface area contributed by atoms with Crippen LogP contribution in [0.1, 0.15) is 28.8 Å². The van der Waals surface area contributed by atoms with Gasteiger partial charge in [-0.2, -0.15) is 0 Å². The normalized spacial score (nSPS) is 10.9. The van der Waals surface area contributed by atoms with Crippen molar-refractivity contribution in [3.63, 3.8) is 0 Å². The van der Waals surface area contributed by atoms with Crippen molar-refractivity contribution in [3.05, 3.63) is 90.0 Å². The number of ether oxygens (including phenoxy) is 1. The number of hydrogen-bond acceptors (Lipinski definition) is 4. The Balaban J connectivity index is 1.41. The van der Waals surface area contributed by atoms with Crippen molar-refractivity contribution in [1.29, 1.82) is 0 Å². The van der Waals surface area contributed by atoms with Crippen LogP contribution < -0.4 is 10.1 Å². The first-order valence-electron chi connectivity index (χ1n) is 10.6. The van der Waals surface area contributed by atoms with Gasteiger partial charge in [0.25, 0.3) is 5.91 Å². The molecule has 2 aromatic heterocycles. The van der Waals surface area contributed by atoms with Crippen LogP contribution in [0.2, 0.25) is 0 Å². The lowest BCUT2D eigenvalue weighted by Gasteiger charge is -2.11. The summed E-state index contributed by atoms with van der Waals surface area (Å²) in [5.74, 6) is 1.61. The van der Waals surface area contributed by atoms with Crippen LogP contribution in [0.25, 0.3) is 11.0 Å². The summed E-state index contributed by atoms with van der Waals surface area (Å²) in [6.07, 6.45) is 3.25. The topological polar surface area (TPSA) is 69.0 Å². The Labute approximate surface area is 181 Å². The molecule has 4 rings (SSSR count). The molecule has 0 fully saturated rings. The second-order valence-corrected chi connectivity index (χ2v) is 7.24. The lowest BCUT2D eigenvalue weighted by Crippen LogP contribution is -2.27. The molecule has 2 heterocycles. The van der Waals surface area contributed by atoms with Gasteiger partial charge < -0.3 is 14.6 Å². The largest absolute Gasteiger partial charge is 0.492 e.